The third-order valence-corrected chi connectivity index (χ3v) is 9.05. The lowest BCUT2D eigenvalue weighted by atomic mass is 9.52. The first kappa shape index (κ1) is 30.7. The zero-order valence-electron chi connectivity index (χ0n) is 25.0. The number of likely N-dealkylation sites (N-methyl/N-ethyl adjacent to an activating group) is 1. The highest BCUT2D eigenvalue weighted by Crippen LogP contribution is 2.52. The molecule has 6 atom stereocenters. The van der Waals surface area contributed by atoms with Gasteiger partial charge in [-0.1, -0.05) is 26.8 Å². The molecule has 2 aromatic rings. The fraction of sp³-hybridized carbons (Fsp3) is 0.500. The summed E-state index contributed by atoms with van der Waals surface area (Å²) in [6.45, 7) is 7.05. The molecular weight excluding hydrogens is 552 g/mol. The van der Waals surface area contributed by atoms with Crippen LogP contribution in [0.15, 0.2) is 30.5 Å². The molecule has 0 radical (unpaired) electrons. The third kappa shape index (κ3) is 4.89. The van der Waals surface area contributed by atoms with E-state index in [1.54, 1.807) is 38.5 Å². The van der Waals surface area contributed by atoms with Gasteiger partial charge in [-0.2, -0.15) is 0 Å². The number of carbonyl (C=O) groups excluding carboxylic acids is 5. The number of aromatic nitrogens is 1. The van der Waals surface area contributed by atoms with Crippen molar-refractivity contribution in [1.82, 2.24) is 15.2 Å². The number of nitrogens with one attached hydrogen (secondary N) is 1. The Morgan fingerprint density at radius 3 is 2.44 bits per heavy atom. The van der Waals surface area contributed by atoms with Crippen molar-refractivity contribution in [2.24, 2.45) is 34.8 Å². The maximum Gasteiger partial charge on any atom is 0.235 e. The number of phenolic OH excluding ortho intramolecular Hbond substituents is 1. The number of phenols is 1. The number of rotatable bonds is 6. The molecule has 11 nitrogen and oxygen atoms in total. The molecule has 1 aromatic heterocycles. The van der Waals surface area contributed by atoms with E-state index in [1.807, 2.05) is 6.07 Å². The van der Waals surface area contributed by atoms with Gasteiger partial charge in [0.1, 0.15) is 5.75 Å². The van der Waals surface area contributed by atoms with Gasteiger partial charge in [-0.3, -0.25) is 33.9 Å². The number of fused-ring (bicyclic) bond motifs is 3. The second kappa shape index (κ2) is 10.7. The first-order valence-electron chi connectivity index (χ1n) is 14.4. The van der Waals surface area contributed by atoms with Gasteiger partial charge in [-0.05, 0) is 62.0 Å². The molecule has 228 valence electrons. The van der Waals surface area contributed by atoms with Crippen LogP contribution in [0.3, 0.4) is 0 Å². The molecule has 5 rings (SSSR count). The van der Waals surface area contributed by atoms with Gasteiger partial charge < -0.3 is 21.3 Å². The van der Waals surface area contributed by atoms with Crippen LogP contribution < -0.4 is 11.1 Å². The number of nitrogens with two attached hydrogens (primary N) is 1. The number of benzene rings is 1. The van der Waals surface area contributed by atoms with Crippen LogP contribution in [0.25, 0.3) is 11.3 Å². The smallest absolute Gasteiger partial charge is 0.235 e. The highest BCUT2D eigenvalue weighted by Gasteiger charge is 2.69. The van der Waals surface area contributed by atoms with Crippen LogP contribution in [-0.4, -0.2) is 81.4 Å². The van der Waals surface area contributed by atoms with E-state index in [0.29, 0.717) is 28.9 Å². The summed E-state index contributed by atoms with van der Waals surface area (Å²) in [5.74, 6) is -10.7. The number of nitrogens with zero attached hydrogens (tertiary/aromatic N) is 2. The van der Waals surface area contributed by atoms with E-state index in [0.717, 1.165) is 0 Å². The molecule has 11 heteroatoms. The summed E-state index contributed by atoms with van der Waals surface area (Å²) in [6.07, 6.45) is 1.78. The van der Waals surface area contributed by atoms with Gasteiger partial charge >= 0.3 is 0 Å². The molecule has 2 saturated carbocycles. The topological polar surface area (TPSA) is 180 Å². The fourth-order valence-corrected chi connectivity index (χ4v) is 7.19. The number of aromatic hydroxyl groups is 1. The quantitative estimate of drug-likeness (QED) is 0.355. The van der Waals surface area contributed by atoms with Crippen LogP contribution in [0.2, 0.25) is 0 Å². The Kier molecular flexibility index (Phi) is 7.65. The van der Waals surface area contributed by atoms with Crippen LogP contribution in [0.1, 0.15) is 48.7 Å². The predicted octanol–water partition coefficient (Wildman–Crippen LogP) is 1.06. The summed E-state index contributed by atoms with van der Waals surface area (Å²) < 4.78 is 0. The summed E-state index contributed by atoms with van der Waals surface area (Å²) >= 11 is 0. The molecule has 2 fully saturated rings. The molecule has 0 aliphatic heterocycles. The Hall–Kier alpha value is -3.80. The summed E-state index contributed by atoms with van der Waals surface area (Å²) in [7, 11) is 3.11. The van der Waals surface area contributed by atoms with E-state index in [4.69, 9.17) is 5.73 Å². The lowest BCUT2D eigenvalue weighted by Crippen LogP contribution is -2.74. The Balaban J connectivity index is 1.65. The maximum absolute atomic E-state index is 14.3. The van der Waals surface area contributed by atoms with Crippen molar-refractivity contribution in [3.05, 3.63) is 47.2 Å². The van der Waals surface area contributed by atoms with E-state index in [1.165, 1.54) is 4.90 Å². The summed E-state index contributed by atoms with van der Waals surface area (Å²) in [5, 5.41) is 26.6. The standard InChI is InChI=1S/C32H38N4O7/c1-31(2,3)14-34-13-16-11-17(20-8-6-7-9-35-20)18-10-15-12-19-24(36(4)5)27(39)23(30(33)42)29(41)32(19,43)28(40)21(15)26(38)22(18)25(16)37/h6-9,11,15,19,21,23-24,34,37,43H,10,12-14H2,1-5H3,(H2,33,42)/t15-,19-,21?,23?,24+,32?/m0/s1. The van der Waals surface area contributed by atoms with Gasteiger partial charge in [0, 0.05) is 36.3 Å². The number of pyridine rings is 1. The van der Waals surface area contributed by atoms with E-state index in [2.05, 4.69) is 31.1 Å². The minimum Gasteiger partial charge on any atom is -0.507 e. The zero-order chi connectivity index (χ0) is 31.6. The molecular formula is C32H38N4O7. The van der Waals surface area contributed by atoms with E-state index >= 15 is 0 Å². The normalized spacial score (nSPS) is 28.9. The molecule has 3 aliphatic rings. The van der Waals surface area contributed by atoms with Crippen LogP contribution in [0.4, 0.5) is 0 Å². The highest BCUT2D eigenvalue weighted by atomic mass is 16.3. The van der Waals surface area contributed by atoms with Crippen molar-refractivity contribution in [3.63, 3.8) is 0 Å². The molecule has 0 bridgehead atoms. The molecule has 3 unspecified atom stereocenters. The third-order valence-electron chi connectivity index (χ3n) is 9.05. The van der Waals surface area contributed by atoms with Crippen LogP contribution in [0, 0.1) is 29.1 Å². The molecule has 1 amide bonds. The van der Waals surface area contributed by atoms with Gasteiger partial charge in [0.05, 0.1) is 23.2 Å². The second-order valence-electron chi connectivity index (χ2n) is 13.5. The first-order chi connectivity index (χ1) is 20.1. The molecule has 0 spiro atoms. The van der Waals surface area contributed by atoms with Crippen molar-refractivity contribution in [3.8, 4) is 17.0 Å². The van der Waals surface area contributed by atoms with Crippen LogP contribution in [-0.2, 0) is 32.1 Å². The van der Waals surface area contributed by atoms with Crippen LogP contribution >= 0.6 is 0 Å². The van der Waals surface area contributed by atoms with Crippen molar-refractivity contribution < 1.29 is 34.2 Å². The van der Waals surface area contributed by atoms with Gasteiger partial charge in [0.15, 0.2) is 34.7 Å². The number of Topliss-reactive ketones (excluding diaryl/α,β-unsaturated/α-hetero) is 4. The molecule has 3 aliphatic carbocycles. The maximum atomic E-state index is 14.3. The minimum atomic E-state index is -2.76. The Bertz CT molecular complexity index is 1530. The molecule has 1 heterocycles. The largest absolute Gasteiger partial charge is 0.507 e. The van der Waals surface area contributed by atoms with Gasteiger partial charge in [-0.15, -0.1) is 0 Å². The van der Waals surface area contributed by atoms with E-state index in [-0.39, 0.29) is 36.1 Å². The van der Waals surface area contributed by atoms with E-state index < -0.39 is 64.4 Å². The lowest BCUT2D eigenvalue weighted by Gasteiger charge is -2.52. The van der Waals surface area contributed by atoms with Gasteiger partial charge in [0.25, 0.3) is 0 Å². The predicted molar refractivity (Wildman–Crippen MR) is 156 cm³/mol. The van der Waals surface area contributed by atoms with Crippen molar-refractivity contribution >= 4 is 29.0 Å². The Morgan fingerprint density at radius 2 is 1.86 bits per heavy atom. The first-order valence-corrected chi connectivity index (χ1v) is 14.4. The van der Waals surface area contributed by atoms with E-state index in [9.17, 15) is 34.2 Å². The van der Waals surface area contributed by atoms with Crippen LogP contribution in [0.5, 0.6) is 5.75 Å². The van der Waals surface area contributed by atoms with Crippen molar-refractivity contribution in [2.75, 3.05) is 20.6 Å². The van der Waals surface area contributed by atoms with Crippen molar-refractivity contribution in [2.45, 2.75) is 51.8 Å². The summed E-state index contributed by atoms with van der Waals surface area (Å²) in [6, 6.07) is 6.02. The average Bonchev–Trinajstić information content (AvgIpc) is 2.91. The van der Waals surface area contributed by atoms with Gasteiger partial charge in [0.2, 0.25) is 5.91 Å². The number of carbonyl (C=O) groups is 5. The monoisotopic (exact) mass is 590 g/mol. The number of amides is 1. The number of aliphatic hydroxyl groups is 1. The highest BCUT2D eigenvalue weighted by molar-refractivity contribution is 6.32. The average molecular weight is 591 g/mol. The second-order valence-corrected chi connectivity index (χ2v) is 13.5. The Labute approximate surface area is 249 Å². The number of ketones is 4. The minimum absolute atomic E-state index is 0.0127. The molecule has 0 saturated heterocycles. The number of hydrogen-bond donors (Lipinski definition) is 4. The lowest BCUT2D eigenvalue weighted by molar-refractivity contribution is -0.181. The SMILES string of the molecule is CN(C)[C@H]1C(=O)C(C(N)=O)C(=O)C2(O)C(=O)C3C(=O)c4c(O)c(CNCC(C)(C)C)cc(-c5ccccn5)c4C[C@H]3C[C@@H]12. The fourth-order valence-electron chi connectivity index (χ4n) is 7.19. The Morgan fingerprint density at radius 1 is 1.16 bits per heavy atom. The molecule has 43 heavy (non-hydrogen) atoms. The number of primary amides is 1. The van der Waals surface area contributed by atoms with Crippen molar-refractivity contribution in [1.29, 1.82) is 0 Å². The summed E-state index contributed by atoms with van der Waals surface area (Å²) in [4.78, 5) is 73.4. The molecule has 1 aromatic carbocycles. The zero-order valence-corrected chi connectivity index (χ0v) is 25.0. The molecule has 5 N–H and O–H groups in total. The number of hydrogen-bond acceptors (Lipinski definition) is 10. The van der Waals surface area contributed by atoms with Gasteiger partial charge in [-0.25, -0.2) is 0 Å². The summed E-state index contributed by atoms with van der Waals surface area (Å²) in [5.41, 5.74) is 4.73.